The lowest BCUT2D eigenvalue weighted by Gasteiger charge is -2.08. The van der Waals surface area contributed by atoms with E-state index in [1.165, 1.54) is 18.2 Å². The Kier molecular flexibility index (Phi) is 4.82. The number of aromatic carboxylic acids is 1. The maximum atomic E-state index is 12.0. The summed E-state index contributed by atoms with van der Waals surface area (Å²) >= 11 is 5.85. The third-order valence-corrected chi connectivity index (χ3v) is 3.30. The van der Waals surface area contributed by atoms with E-state index in [1.807, 2.05) is 19.9 Å². The minimum atomic E-state index is -1.10. The summed E-state index contributed by atoms with van der Waals surface area (Å²) in [5.41, 5.74) is 2.28. The largest absolute Gasteiger partial charge is 0.478 e. The van der Waals surface area contributed by atoms with E-state index < -0.39 is 5.97 Å². The fourth-order valence-electron chi connectivity index (χ4n) is 2.12. The number of carboxylic acid groups (broad SMARTS) is 1. The van der Waals surface area contributed by atoms with Crippen LogP contribution < -0.4 is 5.32 Å². The number of benzene rings is 1. The van der Waals surface area contributed by atoms with E-state index in [2.05, 4.69) is 10.4 Å². The van der Waals surface area contributed by atoms with Gasteiger partial charge in [-0.3, -0.25) is 9.48 Å². The summed E-state index contributed by atoms with van der Waals surface area (Å²) < 4.78 is 1.76. The summed E-state index contributed by atoms with van der Waals surface area (Å²) in [5.74, 6) is -1.33. The Balaban J connectivity index is 2.00. The molecule has 2 N–H and O–H groups in total. The van der Waals surface area contributed by atoms with Gasteiger partial charge in [-0.15, -0.1) is 0 Å². The lowest BCUT2D eigenvalue weighted by atomic mass is 10.2. The van der Waals surface area contributed by atoms with Gasteiger partial charge in [-0.1, -0.05) is 11.6 Å². The second-order valence-corrected chi connectivity index (χ2v) is 5.42. The molecule has 1 heterocycles. The molecular formula is C15H16ClN3O3. The molecule has 0 saturated heterocycles. The normalized spacial score (nSPS) is 10.5. The Morgan fingerprint density at radius 1 is 1.27 bits per heavy atom. The topological polar surface area (TPSA) is 84.2 Å². The van der Waals surface area contributed by atoms with Crippen LogP contribution in [-0.4, -0.2) is 26.8 Å². The maximum absolute atomic E-state index is 12.0. The lowest BCUT2D eigenvalue weighted by molar-refractivity contribution is -0.116. The lowest BCUT2D eigenvalue weighted by Crippen LogP contribution is -2.16. The van der Waals surface area contributed by atoms with Crippen LogP contribution in [-0.2, 0) is 11.3 Å². The molecule has 0 radical (unpaired) electrons. The van der Waals surface area contributed by atoms with Crippen molar-refractivity contribution < 1.29 is 14.7 Å². The molecule has 0 saturated carbocycles. The minimum Gasteiger partial charge on any atom is -0.478 e. The highest BCUT2D eigenvalue weighted by molar-refractivity contribution is 6.31. The van der Waals surface area contributed by atoms with Crippen molar-refractivity contribution in [1.82, 2.24) is 9.78 Å². The Hall–Kier alpha value is -2.34. The molecule has 1 aromatic carbocycles. The number of carboxylic acids is 1. The molecule has 0 spiro atoms. The third kappa shape index (κ3) is 4.08. The number of halogens is 1. The van der Waals surface area contributed by atoms with E-state index in [0.29, 0.717) is 12.2 Å². The SMILES string of the molecule is Cc1cc(C)n(CCC(=O)Nc2cc(Cl)cc(C(=O)O)c2)n1. The van der Waals surface area contributed by atoms with Crippen LogP contribution in [0.3, 0.4) is 0 Å². The van der Waals surface area contributed by atoms with Gasteiger partial charge in [0.15, 0.2) is 0 Å². The number of rotatable bonds is 5. The molecule has 7 heteroatoms. The highest BCUT2D eigenvalue weighted by atomic mass is 35.5. The first-order chi connectivity index (χ1) is 10.3. The van der Waals surface area contributed by atoms with E-state index in [-0.39, 0.29) is 22.9 Å². The van der Waals surface area contributed by atoms with Crippen LogP contribution in [0, 0.1) is 13.8 Å². The van der Waals surface area contributed by atoms with Crippen LogP contribution in [0.1, 0.15) is 28.2 Å². The van der Waals surface area contributed by atoms with Crippen LogP contribution in [0.2, 0.25) is 5.02 Å². The quantitative estimate of drug-likeness (QED) is 0.886. The van der Waals surface area contributed by atoms with Crippen LogP contribution in [0.15, 0.2) is 24.3 Å². The first-order valence-corrected chi connectivity index (χ1v) is 7.08. The maximum Gasteiger partial charge on any atom is 0.335 e. The highest BCUT2D eigenvalue weighted by Crippen LogP contribution is 2.19. The van der Waals surface area contributed by atoms with Gasteiger partial charge in [-0.05, 0) is 38.1 Å². The molecule has 116 valence electrons. The van der Waals surface area contributed by atoms with Crippen LogP contribution in [0.4, 0.5) is 5.69 Å². The first kappa shape index (κ1) is 16.0. The van der Waals surface area contributed by atoms with Crippen LogP contribution in [0.5, 0.6) is 0 Å². The number of carbonyl (C=O) groups excluding carboxylic acids is 1. The fourth-order valence-corrected chi connectivity index (χ4v) is 2.35. The zero-order valence-electron chi connectivity index (χ0n) is 12.3. The van der Waals surface area contributed by atoms with E-state index >= 15 is 0 Å². The molecule has 0 aliphatic heterocycles. The van der Waals surface area contributed by atoms with E-state index in [0.717, 1.165) is 11.4 Å². The summed E-state index contributed by atoms with van der Waals surface area (Å²) in [4.78, 5) is 22.9. The van der Waals surface area contributed by atoms with Crippen molar-refractivity contribution in [3.05, 3.63) is 46.2 Å². The van der Waals surface area contributed by atoms with Crippen molar-refractivity contribution in [3.8, 4) is 0 Å². The number of nitrogens with zero attached hydrogens (tertiary/aromatic N) is 2. The summed E-state index contributed by atoms with van der Waals surface area (Å²) in [6.07, 6.45) is 0.233. The minimum absolute atomic E-state index is 0.0290. The van der Waals surface area contributed by atoms with Gasteiger partial charge in [-0.25, -0.2) is 4.79 Å². The van der Waals surface area contributed by atoms with Gasteiger partial charge in [0.2, 0.25) is 5.91 Å². The average Bonchev–Trinajstić information content (AvgIpc) is 2.74. The Labute approximate surface area is 132 Å². The van der Waals surface area contributed by atoms with Gasteiger partial charge < -0.3 is 10.4 Å². The van der Waals surface area contributed by atoms with Crippen molar-refractivity contribution in [2.24, 2.45) is 0 Å². The number of nitrogens with one attached hydrogen (secondary N) is 1. The first-order valence-electron chi connectivity index (χ1n) is 6.70. The van der Waals surface area contributed by atoms with Crippen LogP contribution >= 0.6 is 11.6 Å². The van der Waals surface area contributed by atoms with E-state index in [4.69, 9.17) is 16.7 Å². The Morgan fingerprint density at radius 2 is 2.00 bits per heavy atom. The Morgan fingerprint density at radius 3 is 2.59 bits per heavy atom. The standard InChI is InChI=1S/C15H16ClN3O3/c1-9-5-10(2)19(18-9)4-3-14(20)17-13-7-11(15(21)22)6-12(16)8-13/h5-8H,3-4H2,1-2H3,(H,17,20)(H,21,22). The Bertz CT molecular complexity index is 725. The molecule has 2 rings (SSSR count). The molecule has 1 amide bonds. The summed E-state index contributed by atoms with van der Waals surface area (Å²) in [6, 6.07) is 6.15. The number of aryl methyl sites for hydroxylation is 3. The van der Waals surface area contributed by atoms with Crippen molar-refractivity contribution in [1.29, 1.82) is 0 Å². The fraction of sp³-hybridized carbons (Fsp3) is 0.267. The molecule has 0 fully saturated rings. The highest BCUT2D eigenvalue weighted by Gasteiger charge is 2.09. The smallest absolute Gasteiger partial charge is 0.335 e. The molecule has 0 atom stereocenters. The number of aromatic nitrogens is 2. The van der Waals surface area contributed by atoms with Crippen molar-refractivity contribution in [2.45, 2.75) is 26.8 Å². The van der Waals surface area contributed by atoms with E-state index in [9.17, 15) is 9.59 Å². The van der Waals surface area contributed by atoms with Gasteiger partial charge in [0.1, 0.15) is 0 Å². The number of hydrogen-bond donors (Lipinski definition) is 2. The molecule has 2 aromatic rings. The molecule has 0 aliphatic carbocycles. The van der Waals surface area contributed by atoms with Gasteiger partial charge in [0.25, 0.3) is 0 Å². The molecule has 1 aromatic heterocycles. The van der Waals surface area contributed by atoms with Gasteiger partial charge in [0.05, 0.1) is 11.3 Å². The third-order valence-electron chi connectivity index (χ3n) is 3.08. The van der Waals surface area contributed by atoms with Crippen LogP contribution in [0.25, 0.3) is 0 Å². The zero-order chi connectivity index (χ0) is 16.3. The average molecular weight is 322 g/mol. The predicted molar refractivity (Wildman–Crippen MR) is 83.4 cm³/mol. The second-order valence-electron chi connectivity index (χ2n) is 4.98. The predicted octanol–water partition coefficient (Wildman–Crippen LogP) is 2.88. The number of anilines is 1. The van der Waals surface area contributed by atoms with Gasteiger partial charge in [-0.2, -0.15) is 5.10 Å². The monoisotopic (exact) mass is 321 g/mol. The summed E-state index contributed by atoms with van der Waals surface area (Å²) in [7, 11) is 0. The molecule has 0 unspecified atom stereocenters. The van der Waals surface area contributed by atoms with Gasteiger partial charge >= 0.3 is 5.97 Å². The van der Waals surface area contributed by atoms with Crippen molar-refractivity contribution in [3.63, 3.8) is 0 Å². The molecule has 0 aliphatic rings. The van der Waals surface area contributed by atoms with Gasteiger partial charge in [0, 0.05) is 29.4 Å². The van der Waals surface area contributed by atoms with E-state index in [1.54, 1.807) is 4.68 Å². The van der Waals surface area contributed by atoms with Crippen molar-refractivity contribution in [2.75, 3.05) is 5.32 Å². The van der Waals surface area contributed by atoms with Crippen molar-refractivity contribution >= 4 is 29.2 Å². The zero-order valence-corrected chi connectivity index (χ0v) is 13.0. The molecule has 0 bridgehead atoms. The number of amides is 1. The summed E-state index contributed by atoms with van der Waals surface area (Å²) in [5, 5.41) is 16.2. The number of hydrogen-bond acceptors (Lipinski definition) is 3. The molecule has 6 nitrogen and oxygen atoms in total. The number of carbonyl (C=O) groups is 2. The molecule has 22 heavy (non-hydrogen) atoms. The second kappa shape index (κ2) is 6.62. The summed E-state index contributed by atoms with van der Waals surface area (Å²) in [6.45, 7) is 4.27. The molecular weight excluding hydrogens is 306 g/mol.